The molecule has 22 heavy (non-hydrogen) atoms. The van der Waals surface area contributed by atoms with Crippen LogP contribution in [0.2, 0.25) is 0 Å². The van der Waals surface area contributed by atoms with Gasteiger partial charge in [-0.25, -0.2) is 9.37 Å². The number of methoxy groups -OCH3 is 1. The van der Waals surface area contributed by atoms with E-state index >= 15 is 0 Å². The van der Waals surface area contributed by atoms with E-state index in [-0.39, 0.29) is 5.56 Å². The molecule has 0 aliphatic rings. The number of hydrogen-bond donors (Lipinski definition) is 1. The smallest absolute Gasteiger partial charge is 0.258 e. The number of nitrogens with zero attached hydrogens (tertiary/aromatic N) is 1. The van der Waals surface area contributed by atoms with Gasteiger partial charge in [-0.3, -0.25) is 10.1 Å². The first kappa shape index (κ1) is 14.9. The van der Waals surface area contributed by atoms with Gasteiger partial charge in [0.25, 0.3) is 5.91 Å². The lowest BCUT2D eigenvalue weighted by Gasteiger charge is -2.04. The molecule has 0 fully saturated rings. The van der Waals surface area contributed by atoms with Crippen LogP contribution in [-0.2, 0) is 0 Å². The number of benzene rings is 2. The molecule has 0 radical (unpaired) electrons. The van der Waals surface area contributed by atoms with Crippen LogP contribution in [0.25, 0.3) is 10.2 Å². The third kappa shape index (κ3) is 2.82. The van der Waals surface area contributed by atoms with E-state index in [1.54, 1.807) is 13.2 Å². The van der Waals surface area contributed by atoms with Gasteiger partial charge in [-0.15, -0.1) is 0 Å². The number of carbonyl (C=O) groups is 1. The summed E-state index contributed by atoms with van der Waals surface area (Å²) in [7, 11) is 1.57. The van der Waals surface area contributed by atoms with E-state index in [4.69, 9.17) is 4.74 Å². The molecule has 0 spiro atoms. The highest BCUT2D eigenvalue weighted by Gasteiger charge is 2.15. The number of para-hydroxylation sites is 1. The Morgan fingerprint density at radius 3 is 2.95 bits per heavy atom. The van der Waals surface area contributed by atoms with Crippen molar-refractivity contribution >= 4 is 48.5 Å². The topological polar surface area (TPSA) is 51.2 Å². The number of carbonyl (C=O) groups excluding carboxylic acids is 1. The molecule has 1 aromatic heterocycles. The third-order valence-corrected chi connectivity index (χ3v) is 4.62. The van der Waals surface area contributed by atoms with Crippen molar-refractivity contribution in [2.45, 2.75) is 0 Å². The number of halogens is 2. The van der Waals surface area contributed by atoms with Crippen molar-refractivity contribution in [1.29, 1.82) is 0 Å². The van der Waals surface area contributed by atoms with Crippen molar-refractivity contribution < 1.29 is 13.9 Å². The molecule has 0 saturated heterocycles. The maximum absolute atomic E-state index is 13.3. The van der Waals surface area contributed by atoms with Gasteiger partial charge in [0, 0.05) is 4.47 Å². The summed E-state index contributed by atoms with van der Waals surface area (Å²) in [5.41, 5.74) is 0.898. The van der Waals surface area contributed by atoms with E-state index in [0.717, 1.165) is 4.70 Å². The second kappa shape index (κ2) is 6.02. The van der Waals surface area contributed by atoms with Crippen LogP contribution in [0.5, 0.6) is 5.75 Å². The van der Waals surface area contributed by atoms with Gasteiger partial charge < -0.3 is 4.74 Å². The monoisotopic (exact) mass is 380 g/mol. The summed E-state index contributed by atoms with van der Waals surface area (Å²) in [4.78, 5) is 16.6. The number of anilines is 1. The normalized spacial score (nSPS) is 10.7. The zero-order valence-corrected chi connectivity index (χ0v) is 13.8. The molecule has 0 atom stereocenters. The Morgan fingerprint density at radius 1 is 1.36 bits per heavy atom. The van der Waals surface area contributed by atoms with Crippen molar-refractivity contribution in [3.8, 4) is 5.75 Å². The first-order valence-corrected chi connectivity index (χ1v) is 7.89. The largest absolute Gasteiger partial charge is 0.494 e. The van der Waals surface area contributed by atoms with Crippen molar-refractivity contribution in [2.24, 2.45) is 0 Å². The predicted octanol–water partition coefficient (Wildman–Crippen LogP) is 4.46. The third-order valence-electron chi connectivity index (χ3n) is 3.00. The number of aromatic nitrogens is 1. The lowest BCUT2D eigenvalue weighted by Crippen LogP contribution is -2.12. The Bertz CT molecular complexity index is 866. The molecular formula is C15H10BrFN2O2S. The zero-order chi connectivity index (χ0) is 15.7. The number of amides is 1. The summed E-state index contributed by atoms with van der Waals surface area (Å²) in [6.45, 7) is 0. The Kier molecular flexibility index (Phi) is 4.08. The molecule has 7 heteroatoms. The van der Waals surface area contributed by atoms with Crippen molar-refractivity contribution in [2.75, 3.05) is 12.4 Å². The van der Waals surface area contributed by atoms with Gasteiger partial charge >= 0.3 is 0 Å². The highest BCUT2D eigenvalue weighted by Crippen LogP contribution is 2.32. The minimum absolute atomic E-state index is 0.214. The molecular weight excluding hydrogens is 371 g/mol. The van der Waals surface area contributed by atoms with Crippen LogP contribution in [0.3, 0.4) is 0 Å². The first-order valence-electron chi connectivity index (χ1n) is 6.28. The fraction of sp³-hybridized carbons (Fsp3) is 0.0667. The molecule has 3 aromatic rings. The van der Waals surface area contributed by atoms with Gasteiger partial charge in [-0.1, -0.05) is 17.4 Å². The number of ether oxygens (including phenoxy) is 1. The summed E-state index contributed by atoms with van der Waals surface area (Å²) in [5, 5.41) is 3.11. The summed E-state index contributed by atoms with van der Waals surface area (Å²) in [5.74, 6) is -0.259. The summed E-state index contributed by atoms with van der Waals surface area (Å²) >= 11 is 4.57. The van der Waals surface area contributed by atoms with E-state index in [0.29, 0.717) is 20.9 Å². The summed E-state index contributed by atoms with van der Waals surface area (Å²) in [6.07, 6.45) is 0. The highest BCUT2D eigenvalue weighted by molar-refractivity contribution is 9.10. The van der Waals surface area contributed by atoms with E-state index in [1.807, 2.05) is 12.1 Å². The van der Waals surface area contributed by atoms with Crippen LogP contribution in [0.15, 0.2) is 40.9 Å². The Hall–Kier alpha value is -1.99. The molecule has 112 valence electrons. The van der Waals surface area contributed by atoms with Crippen LogP contribution in [0.1, 0.15) is 10.4 Å². The Balaban J connectivity index is 1.93. The van der Waals surface area contributed by atoms with Crippen LogP contribution in [-0.4, -0.2) is 18.0 Å². The highest BCUT2D eigenvalue weighted by atomic mass is 79.9. The molecule has 4 nitrogen and oxygen atoms in total. The Morgan fingerprint density at radius 2 is 2.18 bits per heavy atom. The van der Waals surface area contributed by atoms with Crippen LogP contribution in [0.4, 0.5) is 9.52 Å². The Labute approximate surface area is 138 Å². The molecule has 1 N–H and O–H groups in total. The van der Waals surface area contributed by atoms with Crippen LogP contribution < -0.4 is 10.1 Å². The van der Waals surface area contributed by atoms with Gasteiger partial charge in [0.1, 0.15) is 17.1 Å². The van der Waals surface area contributed by atoms with Crippen LogP contribution >= 0.6 is 27.3 Å². The maximum atomic E-state index is 13.3. The van der Waals surface area contributed by atoms with Gasteiger partial charge in [0.2, 0.25) is 0 Å². The van der Waals surface area contributed by atoms with E-state index in [9.17, 15) is 9.18 Å². The van der Waals surface area contributed by atoms with Crippen molar-refractivity contribution in [1.82, 2.24) is 4.98 Å². The number of hydrogen-bond acceptors (Lipinski definition) is 4. The quantitative estimate of drug-likeness (QED) is 0.729. The van der Waals surface area contributed by atoms with Gasteiger partial charge in [0.15, 0.2) is 5.13 Å². The minimum Gasteiger partial charge on any atom is -0.494 e. The second-order valence-electron chi connectivity index (χ2n) is 4.40. The lowest BCUT2D eigenvalue weighted by molar-refractivity contribution is 0.102. The summed E-state index contributed by atoms with van der Waals surface area (Å²) in [6, 6.07) is 9.50. The lowest BCUT2D eigenvalue weighted by atomic mass is 10.2. The van der Waals surface area contributed by atoms with Crippen molar-refractivity contribution in [3.05, 3.63) is 52.3 Å². The van der Waals surface area contributed by atoms with E-state index in [2.05, 4.69) is 26.2 Å². The van der Waals surface area contributed by atoms with Gasteiger partial charge in [-0.05, 0) is 46.3 Å². The SMILES string of the molecule is COc1cccc2sc(NC(=O)c3cc(F)ccc3Br)nc12. The standard InChI is InChI=1S/C15H10BrFN2O2S/c1-21-11-3-2-4-12-13(11)18-15(22-12)19-14(20)9-7-8(17)5-6-10(9)16/h2-7H,1H3,(H,18,19,20). The van der Waals surface area contributed by atoms with Gasteiger partial charge in [0.05, 0.1) is 17.4 Å². The molecule has 1 amide bonds. The second-order valence-corrected chi connectivity index (χ2v) is 6.29. The molecule has 2 aromatic carbocycles. The number of nitrogens with one attached hydrogen (secondary N) is 1. The predicted molar refractivity (Wildman–Crippen MR) is 88.2 cm³/mol. The van der Waals surface area contributed by atoms with E-state index < -0.39 is 11.7 Å². The number of fused-ring (bicyclic) bond motifs is 1. The van der Waals surface area contributed by atoms with E-state index in [1.165, 1.54) is 29.5 Å². The fourth-order valence-corrected chi connectivity index (χ4v) is 3.28. The molecule has 3 rings (SSSR count). The minimum atomic E-state index is -0.473. The summed E-state index contributed by atoms with van der Waals surface area (Å²) < 4.78 is 19.9. The number of thiazole rings is 1. The fourth-order valence-electron chi connectivity index (χ4n) is 1.98. The average molecular weight is 381 g/mol. The molecule has 0 unspecified atom stereocenters. The zero-order valence-electron chi connectivity index (χ0n) is 11.4. The van der Waals surface area contributed by atoms with Crippen LogP contribution in [0, 0.1) is 5.82 Å². The maximum Gasteiger partial charge on any atom is 0.258 e. The molecule has 0 saturated carbocycles. The molecule has 0 aliphatic heterocycles. The number of rotatable bonds is 3. The van der Waals surface area contributed by atoms with Crippen molar-refractivity contribution in [3.63, 3.8) is 0 Å². The first-order chi connectivity index (χ1) is 10.6. The van der Waals surface area contributed by atoms with Gasteiger partial charge in [-0.2, -0.15) is 0 Å². The average Bonchev–Trinajstić information content (AvgIpc) is 2.91. The molecule has 0 aliphatic carbocycles. The molecule has 0 bridgehead atoms. The molecule has 1 heterocycles.